The first-order chi connectivity index (χ1) is 16.1. The van der Waals surface area contributed by atoms with Gasteiger partial charge in [-0.3, -0.25) is 29.4 Å². The highest BCUT2D eigenvalue weighted by molar-refractivity contribution is 6.74. The fourth-order valence-electron chi connectivity index (χ4n) is 5.37. The predicted molar refractivity (Wildman–Crippen MR) is 131 cm³/mol. The van der Waals surface area contributed by atoms with Crippen molar-refractivity contribution in [2.24, 2.45) is 11.8 Å². The van der Waals surface area contributed by atoms with E-state index in [4.69, 9.17) is 13.9 Å². The zero-order chi connectivity index (χ0) is 26.7. The lowest BCUT2D eigenvalue weighted by Gasteiger charge is -2.53. The van der Waals surface area contributed by atoms with Crippen LogP contribution in [-0.2, 0) is 33.1 Å². The van der Waals surface area contributed by atoms with Gasteiger partial charge in [0.1, 0.15) is 5.54 Å². The number of esters is 1. The average molecular weight is 510 g/mol. The predicted octanol–water partition coefficient (Wildman–Crippen LogP) is 0.923. The summed E-state index contributed by atoms with van der Waals surface area (Å²) in [6.07, 6.45) is 0.127. The maximum Gasteiger partial charge on any atom is 0.326 e. The number of nitrogens with zero attached hydrogens (tertiary/aromatic N) is 2. The Morgan fingerprint density at radius 2 is 1.80 bits per heavy atom. The van der Waals surface area contributed by atoms with Crippen LogP contribution in [0.25, 0.3) is 0 Å². The molecule has 0 spiro atoms. The van der Waals surface area contributed by atoms with E-state index >= 15 is 0 Å². The highest BCUT2D eigenvalue weighted by atomic mass is 28.4. The van der Waals surface area contributed by atoms with E-state index in [9.17, 15) is 19.2 Å². The molecular weight excluding hydrogens is 470 g/mol. The third kappa shape index (κ3) is 4.06. The molecule has 3 fully saturated rings. The molecule has 3 rings (SSSR count). The van der Waals surface area contributed by atoms with Crippen LogP contribution in [0.5, 0.6) is 0 Å². The van der Waals surface area contributed by atoms with Crippen LogP contribution in [0.3, 0.4) is 0 Å². The van der Waals surface area contributed by atoms with Gasteiger partial charge in [-0.15, -0.1) is 6.58 Å². The maximum absolute atomic E-state index is 13.4. The van der Waals surface area contributed by atoms with E-state index in [-0.39, 0.29) is 23.4 Å². The molecular formula is C24H39N3O7Si. The van der Waals surface area contributed by atoms with E-state index in [1.807, 2.05) is 0 Å². The van der Waals surface area contributed by atoms with Crippen molar-refractivity contribution in [3.05, 3.63) is 12.7 Å². The number of β-lactam (4-membered cyclic amide) rings is 1. The molecule has 0 aromatic rings. The second-order valence-electron chi connectivity index (χ2n) is 11.4. The standard InChI is InChI=1S/C24H39N3O7Si/c1-11-12-27-16(18(32-7)21(27)30)17(34-35(9,10)23(2,3)4)15-13-14(20(29)26(6)19(13)28)24(5,25-15)22(31)33-8/h11,13-18,25H,1,12H2,2-10H3/t13?,14?,15-,16+,17-,18-,24+/m1/s1. The maximum atomic E-state index is 13.4. The number of amides is 3. The Hall–Kier alpha value is -2.08. The zero-order valence-electron chi connectivity index (χ0n) is 22.2. The highest BCUT2D eigenvalue weighted by Crippen LogP contribution is 2.48. The van der Waals surface area contributed by atoms with E-state index in [1.54, 1.807) is 17.9 Å². The van der Waals surface area contributed by atoms with Crippen LogP contribution in [0.1, 0.15) is 27.7 Å². The van der Waals surface area contributed by atoms with E-state index < -0.39 is 61.9 Å². The normalized spacial score (nSPS) is 34.1. The van der Waals surface area contributed by atoms with Crippen molar-refractivity contribution in [2.75, 3.05) is 27.8 Å². The summed E-state index contributed by atoms with van der Waals surface area (Å²) < 4.78 is 17.5. The molecule has 11 heteroatoms. The van der Waals surface area contributed by atoms with Gasteiger partial charge in [0, 0.05) is 26.7 Å². The second-order valence-corrected chi connectivity index (χ2v) is 16.1. The van der Waals surface area contributed by atoms with E-state index in [2.05, 4.69) is 45.8 Å². The summed E-state index contributed by atoms with van der Waals surface area (Å²) in [6, 6.07) is -1.27. The Kier molecular flexibility index (Phi) is 7.15. The largest absolute Gasteiger partial charge is 0.468 e. The van der Waals surface area contributed by atoms with Crippen molar-refractivity contribution in [1.29, 1.82) is 0 Å². The molecule has 10 nitrogen and oxygen atoms in total. The smallest absolute Gasteiger partial charge is 0.326 e. The SMILES string of the molecule is C=CCN1C(=O)[C@H](OC)[C@@H]1[C@H](O[Si](C)(C)C(C)(C)C)[C@@H]1N[C@](C)(C(=O)OC)C2C(=O)N(C)C(=O)C21. The van der Waals surface area contributed by atoms with Gasteiger partial charge in [-0.05, 0) is 25.1 Å². The van der Waals surface area contributed by atoms with Crippen molar-refractivity contribution in [1.82, 2.24) is 15.1 Å². The molecule has 0 saturated carbocycles. The number of nitrogens with one attached hydrogen (secondary N) is 1. The molecule has 0 radical (unpaired) electrons. The van der Waals surface area contributed by atoms with Crippen LogP contribution < -0.4 is 5.32 Å². The summed E-state index contributed by atoms with van der Waals surface area (Å²) in [6.45, 7) is 16.1. The molecule has 7 atom stereocenters. The molecule has 3 saturated heterocycles. The Morgan fingerprint density at radius 1 is 1.20 bits per heavy atom. The molecule has 0 aliphatic carbocycles. The van der Waals surface area contributed by atoms with Gasteiger partial charge in [0.05, 0.1) is 31.1 Å². The highest BCUT2D eigenvalue weighted by Gasteiger charge is 2.70. The number of ether oxygens (including phenoxy) is 2. The summed E-state index contributed by atoms with van der Waals surface area (Å²) in [4.78, 5) is 55.0. The molecule has 3 heterocycles. The van der Waals surface area contributed by atoms with E-state index in [0.717, 1.165) is 4.90 Å². The summed E-state index contributed by atoms with van der Waals surface area (Å²) in [7, 11) is 1.68. The Labute approximate surface area is 208 Å². The van der Waals surface area contributed by atoms with Crippen molar-refractivity contribution in [3.8, 4) is 0 Å². The lowest BCUT2D eigenvalue weighted by molar-refractivity contribution is -0.180. The number of hydrogen-bond donors (Lipinski definition) is 1. The summed E-state index contributed by atoms with van der Waals surface area (Å²) >= 11 is 0. The number of hydrogen-bond acceptors (Lipinski definition) is 8. The van der Waals surface area contributed by atoms with Crippen LogP contribution in [0.4, 0.5) is 0 Å². The monoisotopic (exact) mass is 509 g/mol. The molecule has 3 amide bonds. The molecule has 2 unspecified atom stereocenters. The van der Waals surface area contributed by atoms with Crippen LogP contribution in [0.15, 0.2) is 12.7 Å². The topological polar surface area (TPSA) is 114 Å². The molecule has 0 aromatic carbocycles. The van der Waals surface area contributed by atoms with Crippen LogP contribution >= 0.6 is 0 Å². The Morgan fingerprint density at radius 3 is 2.29 bits per heavy atom. The number of fused-ring (bicyclic) bond motifs is 1. The minimum Gasteiger partial charge on any atom is -0.468 e. The number of carbonyl (C=O) groups is 4. The van der Waals surface area contributed by atoms with Crippen molar-refractivity contribution in [2.45, 2.75) is 75.7 Å². The fourth-order valence-corrected chi connectivity index (χ4v) is 6.69. The first-order valence-electron chi connectivity index (χ1n) is 11.9. The van der Waals surface area contributed by atoms with Gasteiger partial charge in [-0.25, -0.2) is 0 Å². The van der Waals surface area contributed by atoms with Gasteiger partial charge in [0.25, 0.3) is 5.91 Å². The summed E-state index contributed by atoms with van der Waals surface area (Å²) in [5.41, 5.74) is -1.43. The Balaban J connectivity index is 2.16. The number of rotatable bonds is 8. The molecule has 3 aliphatic heterocycles. The lowest BCUT2D eigenvalue weighted by Crippen LogP contribution is -2.74. The molecule has 1 N–H and O–H groups in total. The molecule has 3 aliphatic rings. The first kappa shape index (κ1) is 27.5. The minimum absolute atomic E-state index is 0.180. The van der Waals surface area contributed by atoms with Gasteiger partial charge < -0.3 is 18.8 Å². The fraction of sp³-hybridized carbons (Fsp3) is 0.750. The van der Waals surface area contributed by atoms with Gasteiger partial charge in [-0.2, -0.15) is 0 Å². The number of carbonyl (C=O) groups excluding carboxylic acids is 4. The quantitative estimate of drug-likeness (QED) is 0.169. The molecule has 0 aromatic heterocycles. The Bertz CT molecular complexity index is 933. The number of likely N-dealkylation sites (tertiary alicyclic amines) is 2. The number of methoxy groups -OCH3 is 2. The molecule has 196 valence electrons. The van der Waals surface area contributed by atoms with Crippen LogP contribution in [0.2, 0.25) is 18.1 Å². The van der Waals surface area contributed by atoms with Gasteiger partial charge >= 0.3 is 5.97 Å². The van der Waals surface area contributed by atoms with Gasteiger partial charge in [0.15, 0.2) is 14.4 Å². The minimum atomic E-state index is -2.46. The van der Waals surface area contributed by atoms with E-state index in [0.29, 0.717) is 0 Å². The van der Waals surface area contributed by atoms with Gasteiger partial charge in [0.2, 0.25) is 11.8 Å². The first-order valence-corrected chi connectivity index (χ1v) is 14.8. The van der Waals surface area contributed by atoms with Crippen molar-refractivity contribution >= 4 is 32.0 Å². The van der Waals surface area contributed by atoms with E-state index in [1.165, 1.54) is 21.3 Å². The van der Waals surface area contributed by atoms with Crippen LogP contribution in [-0.4, -0.2) is 99.5 Å². The summed E-state index contributed by atoms with van der Waals surface area (Å²) in [5, 5.41) is 3.10. The summed E-state index contributed by atoms with van der Waals surface area (Å²) in [5.74, 6) is -3.46. The second kappa shape index (κ2) is 9.09. The third-order valence-electron chi connectivity index (χ3n) is 8.36. The zero-order valence-corrected chi connectivity index (χ0v) is 23.2. The third-order valence-corrected chi connectivity index (χ3v) is 12.8. The van der Waals surface area contributed by atoms with Crippen LogP contribution in [0, 0.1) is 11.8 Å². The van der Waals surface area contributed by atoms with Crippen molar-refractivity contribution < 1.29 is 33.1 Å². The van der Waals surface area contributed by atoms with Gasteiger partial charge in [-0.1, -0.05) is 26.8 Å². The average Bonchev–Trinajstić information content (AvgIpc) is 3.21. The lowest BCUT2D eigenvalue weighted by atomic mass is 9.78. The molecule has 0 bridgehead atoms. The van der Waals surface area contributed by atoms with Crippen molar-refractivity contribution in [3.63, 3.8) is 0 Å². The molecule has 35 heavy (non-hydrogen) atoms. The number of imide groups is 1.